The molecule has 1 aromatic heterocycles. The zero-order valence-corrected chi connectivity index (χ0v) is 30.4. The second-order valence-corrected chi connectivity index (χ2v) is 15.5. The number of dihydropyridines is 2. The lowest BCUT2D eigenvalue weighted by Crippen LogP contribution is -2.42. The fourth-order valence-corrected chi connectivity index (χ4v) is 9.18. The summed E-state index contributed by atoms with van der Waals surface area (Å²) >= 11 is 0. The van der Waals surface area contributed by atoms with Gasteiger partial charge in [0.2, 0.25) is 0 Å². The molecular formula is C49H40N4O. The van der Waals surface area contributed by atoms with Gasteiger partial charge in [0.1, 0.15) is 23.8 Å². The number of ether oxygens (including phenoxy) is 1. The molecule has 5 nitrogen and oxygen atoms in total. The molecule has 0 amide bonds. The lowest BCUT2D eigenvalue weighted by Gasteiger charge is -2.31. The number of nitrogens with one attached hydrogen (secondary N) is 2. The van der Waals surface area contributed by atoms with Gasteiger partial charge in [-0.05, 0) is 136 Å². The van der Waals surface area contributed by atoms with Crippen LogP contribution < -0.4 is 20.3 Å². The van der Waals surface area contributed by atoms with Gasteiger partial charge in [0.25, 0.3) is 0 Å². The Bertz CT molecular complexity index is 2670. The second kappa shape index (κ2) is 11.8. The maximum absolute atomic E-state index is 7.22. The number of aromatic nitrogens is 1. The number of hydrogen-bond acceptors (Lipinski definition) is 4. The van der Waals surface area contributed by atoms with E-state index in [-0.39, 0.29) is 17.7 Å². The van der Waals surface area contributed by atoms with E-state index in [1.54, 1.807) is 0 Å². The molecule has 0 bridgehead atoms. The van der Waals surface area contributed by atoms with Crippen LogP contribution in [0.4, 0.5) is 5.69 Å². The van der Waals surface area contributed by atoms with Gasteiger partial charge in [-0.2, -0.15) is 0 Å². The van der Waals surface area contributed by atoms with E-state index in [2.05, 4.69) is 192 Å². The summed E-state index contributed by atoms with van der Waals surface area (Å²) in [5, 5.41) is 8.34. The normalized spacial score (nSPS) is 19.7. The molecule has 11 rings (SSSR count). The van der Waals surface area contributed by atoms with Crippen molar-refractivity contribution in [3.05, 3.63) is 180 Å². The number of anilines is 1. The number of nitrogens with zero attached hydrogens (tertiary/aromatic N) is 2. The van der Waals surface area contributed by atoms with Crippen molar-refractivity contribution in [2.24, 2.45) is 0 Å². The topological polar surface area (TPSA) is 41.5 Å². The van der Waals surface area contributed by atoms with E-state index >= 15 is 0 Å². The Morgan fingerprint density at radius 3 is 2.19 bits per heavy atom. The van der Waals surface area contributed by atoms with E-state index < -0.39 is 0 Å². The molecule has 5 aliphatic rings. The zero-order valence-electron chi connectivity index (χ0n) is 30.4. The molecule has 262 valence electrons. The smallest absolute Gasteiger partial charge is 0.144 e. The van der Waals surface area contributed by atoms with Gasteiger partial charge in [0.05, 0.1) is 5.52 Å². The summed E-state index contributed by atoms with van der Waals surface area (Å²) in [5.74, 6) is 1.83. The summed E-state index contributed by atoms with van der Waals surface area (Å²) in [6, 6.07) is 37.4. The molecule has 0 radical (unpaired) electrons. The third kappa shape index (κ3) is 4.78. The fraction of sp³-hybridized carbons (Fsp3) is 0.143. The number of benzene rings is 5. The SMILES string of the molecule is CC1(C)C=Cc2cc3c(cc21)-c1ccc2c(ccn2C2C=C(c4ccccc4)C=CN2)c1Oc1ccc2c(c1-3)CCN2C1C=C(c2ccccc2)C=CN1. The van der Waals surface area contributed by atoms with Crippen molar-refractivity contribution < 1.29 is 4.74 Å². The molecule has 0 saturated heterocycles. The first-order chi connectivity index (χ1) is 26.5. The molecule has 5 heterocycles. The largest absolute Gasteiger partial charge is 0.455 e. The van der Waals surface area contributed by atoms with Crippen molar-refractivity contribution >= 4 is 33.8 Å². The summed E-state index contributed by atoms with van der Waals surface area (Å²) in [5.41, 5.74) is 16.0. The van der Waals surface area contributed by atoms with Crippen LogP contribution in [0.1, 0.15) is 47.8 Å². The molecule has 2 unspecified atom stereocenters. The van der Waals surface area contributed by atoms with Gasteiger partial charge in [0.15, 0.2) is 0 Å². The van der Waals surface area contributed by atoms with Crippen LogP contribution in [0.2, 0.25) is 0 Å². The van der Waals surface area contributed by atoms with Crippen molar-refractivity contribution in [2.45, 2.75) is 38.0 Å². The van der Waals surface area contributed by atoms with E-state index in [9.17, 15) is 0 Å². The third-order valence-electron chi connectivity index (χ3n) is 11.9. The standard InChI is InChI=1S/C49H40N4O/c1-49(2)22-17-35-27-40-39(30-41(35)49)36-13-14-43-38(21-26-53(43)46-29-34(19-24-51-46)32-11-7-4-8-12-32)48(36)54-44-16-15-42-37(47(40)44)20-25-52(42)45-28-33(18-23-50-45)31-9-5-3-6-10-31/h3-19,21-24,26-30,45-46,50-51H,20,25H2,1-2H3. The summed E-state index contributed by atoms with van der Waals surface area (Å²) in [7, 11) is 0. The summed E-state index contributed by atoms with van der Waals surface area (Å²) in [6.07, 6.45) is 20.9. The van der Waals surface area contributed by atoms with Crippen molar-refractivity contribution in [1.82, 2.24) is 15.2 Å². The minimum absolute atomic E-state index is 0.0322. The van der Waals surface area contributed by atoms with Crippen molar-refractivity contribution in [2.75, 3.05) is 11.4 Å². The zero-order chi connectivity index (χ0) is 36.0. The first-order valence-electron chi connectivity index (χ1n) is 19.0. The molecule has 0 saturated carbocycles. The Kier molecular flexibility index (Phi) is 6.78. The highest BCUT2D eigenvalue weighted by atomic mass is 16.5. The monoisotopic (exact) mass is 700 g/mol. The minimum Gasteiger partial charge on any atom is -0.455 e. The molecule has 0 spiro atoms. The van der Waals surface area contributed by atoms with Gasteiger partial charge in [-0.15, -0.1) is 0 Å². The van der Waals surface area contributed by atoms with Gasteiger partial charge in [-0.25, -0.2) is 0 Å². The average molecular weight is 701 g/mol. The number of fused-ring (bicyclic) bond motifs is 10. The highest BCUT2D eigenvalue weighted by Crippen LogP contribution is 2.55. The van der Waals surface area contributed by atoms with Gasteiger partial charge in [0, 0.05) is 40.4 Å². The molecule has 4 aliphatic heterocycles. The van der Waals surface area contributed by atoms with Gasteiger partial charge in [-0.3, -0.25) is 0 Å². The Balaban J connectivity index is 1.05. The van der Waals surface area contributed by atoms with E-state index in [1.165, 1.54) is 61.3 Å². The van der Waals surface area contributed by atoms with Crippen LogP contribution in [0.15, 0.2) is 152 Å². The van der Waals surface area contributed by atoms with E-state index in [0.717, 1.165) is 40.9 Å². The van der Waals surface area contributed by atoms with Crippen LogP contribution in [-0.2, 0) is 11.8 Å². The molecule has 2 atom stereocenters. The van der Waals surface area contributed by atoms with Gasteiger partial charge in [-0.1, -0.05) is 86.7 Å². The number of hydrogen-bond donors (Lipinski definition) is 2. The van der Waals surface area contributed by atoms with Crippen LogP contribution in [0, 0.1) is 0 Å². The van der Waals surface area contributed by atoms with Gasteiger partial charge >= 0.3 is 0 Å². The number of allylic oxidation sites excluding steroid dienone is 5. The van der Waals surface area contributed by atoms with E-state index in [4.69, 9.17) is 4.74 Å². The minimum atomic E-state index is -0.0463. The first-order valence-corrected chi connectivity index (χ1v) is 19.0. The second-order valence-electron chi connectivity index (χ2n) is 15.5. The van der Waals surface area contributed by atoms with Crippen LogP contribution in [0.5, 0.6) is 11.5 Å². The predicted octanol–water partition coefficient (Wildman–Crippen LogP) is 11.0. The first kappa shape index (κ1) is 31.1. The van der Waals surface area contributed by atoms with Crippen LogP contribution in [0.3, 0.4) is 0 Å². The molecule has 2 N–H and O–H groups in total. The van der Waals surface area contributed by atoms with Crippen LogP contribution in [0.25, 0.3) is 50.4 Å². The Labute approximate surface area is 315 Å². The lowest BCUT2D eigenvalue weighted by molar-refractivity contribution is 0.493. The molecule has 1 aliphatic carbocycles. The average Bonchev–Trinajstić information content (AvgIpc) is 3.91. The van der Waals surface area contributed by atoms with E-state index in [1.807, 2.05) is 0 Å². The summed E-state index contributed by atoms with van der Waals surface area (Å²) in [4.78, 5) is 2.51. The van der Waals surface area contributed by atoms with Crippen molar-refractivity contribution in [3.63, 3.8) is 0 Å². The highest BCUT2D eigenvalue weighted by Gasteiger charge is 2.35. The Morgan fingerprint density at radius 2 is 1.43 bits per heavy atom. The van der Waals surface area contributed by atoms with Gasteiger partial charge < -0.3 is 24.8 Å². The predicted molar refractivity (Wildman–Crippen MR) is 222 cm³/mol. The highest BCUT2D eigenvalue weighted by molar-refractivity contribution is 6.02. The molecule has 54 heavy (non-hydrogen) atoms. The maximum Gasteiger partial charge on any atom is 0.144 e. The summed E-state index contributed by atoms with van der Waals surface area (Å²) < 4.78 is 9.53. The molecule has 0 fully saturated rings. The third-order valence-corrected chi connectivity index (χ3v) is 11.9. The molecule has 5 aromatic carbocycles. The molecule has 5 heteroatoms. The Hall–Kier alpha value is -6.46. The number of rotatable bonds is 4. The lowest BCUT2D eigenvalue weighted by atomic mass is 9.82. The van der Waals surface area contributed by atoms with E-state index in [0.29, 0.717) is 0 Å². The fourth-order valence-electron chi connectivity index (χ4n) is 9.18. The van der Waals surface area contributed by atoms with Crippen LogP contribution >= 0.6 is 0 Å². The Morgan fingerprint density at radius 1 is 0.704 bits per heavy atom. The van der Waals surface area contributed by atoms with Crippen LogP contribution in [-0.4, -0.2) is 17.3 Å². The van der Waals surface area contributed by atoms with Crippen molar-refractivity contribution in [1.29, 1.82) is 0 Å². The summed E-state index contributed by atoms with van der Waals surface area (Å²) in [6.45, 7) is 5.55. The van der Waals surface area contributed by atoms with Crippen molar-refractivity contribution in [3.8, 4) is 33.8 Å². The quantitative estimate of drug-likeness (QED) is 0.192. The maximum atomic E-state index is 7.22. The molecule has 6 aromatic rings. The molecular weight excluding hydrogens is 661 g/mol.